The summed E-state index contributed by atoms with van der Waals surface area (Å²) in [5.74, 6) is 0.737. The predicted molar refractivity (Wildman–Crippen MR) is 74.2 cm³/mol. The van der Waals surface area contributed by atoms with Gasteiger partial charge in [-0.25, -0.2) is 4.98 Å². The van der Waals surface area contributed by atoms with Gasteiger partial charge in [0.05, 0.1) is 24.8 Å². The zero-order chi connectivity index (χ0) is 13.7. The molecular formula is C15H20N2O2. The van der Waals surface area contributed by atoms with Crippen LogP contribution in [0.2, 0.25) is 0 Å². The maximum Gasteiger partial charge on any atom is 0.125 e. The Bertz CT molecular complexity index is 522. The third kappa shape index (κ3) is 2.96. The summed E-state index contributed by atoms with van der Waals surface area (Å²) in [7, 11) is 0. The van der Waals surface area contributed by atoms with Crippen LogP contribution in [0.25, 0.3) is 0 Å². The maximum atomic E-state index is 10.5. The van der Waals surface area contributed by atoms with Crippen molar-refractivity contribution in [1.82, 2.24) is 9.55 Å². The highest BCUT2D eigenvalue weighted by molar-refractivity contribution is 5.38. The minimum atomic E-state index is -0.712. The lowest BCUT2D eigenvalue weighted by Gasteiger charge is -2.17. The molecule has 0 amide bonds. The van der Waals surface area contributed by atoms with E-state index in [1.165, 1.54) is 0 Å². The molecule has 1 aromatic carbocycles. The summed E-state index contributed by atoms with van der Waals surface area (Å²) in [6.07, 6.45) is 3.66. The summed E-state index contributed by atoms with van der Waals surface area (Å²) in [4.78, 5) is 4.09. The van der Waals surface area contributed by atoms with Crippen LogP contribution in [0.5, 0.6) is 5.75 Å². The van der Waals surface area contributed by atoms with Gasteiger partial charge in [0.2, 0.25) is 0 Å². The molecule has 0 aliphatic heterocycles. The first kappa shape index (κ1) is 13.6. The van der Waals surface area contributed by atoms with Gasteiger partial charge >= 0.3 is 0 Å². The number of para-hydroxylation sites is 1. The molecular weight excluding hydrogens is 240 g/mol. The summed E-state index contributed by atoms with van der Waals surface area (Å²) in [5.41, 5.74) is 1.57. The number of benzene rings is 1. The highest BCUT2D eigenvalue weighted by atomic mass is 16.5. The Morgan fingerprint density at radius 1 is 1.32 bits per heavy atom. The van der Waals surface area contributed by atoms with Crippen LogP contribution in [-0.2, 0) is 6.54 Å². The summed E-state index contributed by atoms with van der Waals surface area (Å²) in [6.45, 7) is 5.52. The number of rotatable bonds is 6. The van der Waals surface area contributed by atoms with Crippen molar-refractivity contribution in [2.24, 2.45) is 0 Å². The van der Waals surface area contributed by atoms with Crippen molar-refractivity contribution >= 4 is 0 Å². The fourth-order valence-electron chi connectivity index (χ4n) is 2.03. The van der Waals surface area contributed by atoms with Crippen LogP contribution in [0.3, 0.4) is 0 Å². The van der Waals surface area contributed by atoms with Gasteiger partial charge in [-0.2, -0.15) is 0 Å². The van der Waals surface area contributed by atoms with Crippen LogP contribution in [0, 0.1) is 0 Å². The minimum absolute atomic E-state index is 0.650. The van der Waals surface area contributed by atoms with Gasteiger partial charge in [0.25, 0.3) is 0 Å². The van der Waals surface area contributed by atoms with Crippen LogP contribution in [0.4, 0.5) is 0 Å². The molecule has 2 aromatic rings. The van der Waals surface area contributed by atoms with E-state index in [1.54, 1.807) is 12.5 Å². The Morgan fingerprint density at radius 3 is 2.84 bits per heavy atom. The van der Waals surface area contributed by atoms with Crippen molar-refractivity contribution in [3.63, 3.8) is 0 Å². The molecule has 0 bridgehead atoms. The molecule has 1 aromatic heterocycles. The maximum absolute atomic E-state index is 10.5. The quantitative estimate of drug-likeness (QED) is 0.868. The fourth-order valence-corrected chi connectivity index (χ4v) is 2.03. The number of hydrogen-bond acceptors (Lipinski definition) is 3. The molecule has 1 N–H and O–H groups in total. The van der Waals surface area contributed by atoms with Gasteiger partial charge in [-0.3, -0.25) is 0 Å². The van der Waals surface area contributed by atoms with Gasteiger partial charge in [-0.1, -0.05) is 25.1 Å². The Kier molecular flexibility index (Phi) is 4.58. The highest BCUT2D eigenvalue weighted by Gasteiger charge is 2.18. The molecule has 0 spiro atoms. The van der Waals surface area contributed by atoms with Crippen LogP contribution in [-0.4, -0.2) is 21.3 Å². The van der Waals surface area contributed by atoms with Crippen molar-refractivity contribution in [1.29, 1.82) is 0 Å². The Balaban J connectivity index is 2.30. The van der Waals surface area contributed by atoms with Gasteiger partial charge in [-0.15, -0.1) is 0 Å². The first-order valence-electron chi connectivity index (χ1n) is 6.67. The summed E-state index contributed by atoms with van der Waals surface area (Å²) < 4.78 is 7.62. The third-order valence-electron chi connectivity index (χ3n) is 3.04. The molecule has 1 atom stereocenters. The average Bonchev–Trinajstić information content (AvgIpc) is 2.93. The first-order chi connectivity index (χ1) is 9.27. The van der Waals surface area contributed by atoms with E-state index >= 15 is 0 Å². The number of ether oxygens (including phenoxy) is 1. The van der Waals surface area contributed by atoms with Gasteiger partial charge in [0, 0.05) is 12.1 Å². The van der Waals surface area contributed by atoms with E-state index in [-0.39, 0.29) is 0 Å². The fraction of sp³-hybridized carbons (Fsp3) is 0.400. The normalized spacial score (nSPS) is 12.4. The Hall–Kier alpha value is -1.81. The van der Waals surface area contributed by atoms with Gasteiger partial charge < -0.3 is 14.4 Å². The molecule has 1 heterocycles. The number of imidazole rings is 1. The lowest BCUT2D eigenvalue weighted by atomic mass is 10.1. The van der Waals surface area contributed by atoms with E-state index in [0.717, 1.165) is 30.0 Å². The van der Waals surface area contributed by atoms with Crippen molar-refractivity contribution in [3.05, 3.63) is 48.0 Å². The number of aliphatic hydroxyl groups excluding tert-OH is 1. The highest BCUT2D eigenvalue weighted by Crippen LogP contribution is 2.29. The van der Waals surface area contributed by atoms with Gasteiger partial charge in [0.1, 0.15) is 11.9 Å². The van der Waals surface area contributed by atoms with Crippen LogP contribution < -0.4 is 4.74 Å². The van der Waals surface area contributed by atoms with Crippen LogP contribution >= 0.6 is 0 Å². The molecule has 0 fully saturated rings. The third-order valence-corrected chi connectivity index (χ3v) is 3.04. The molecule has 4 heteroatoms. The molecule has 0 saturated carbocycles. The van der Waals surface area contributed by atoms with Crippen molar-refractivity contribution in [2.75, 3.05) is 6.61 Å². The van der Waals surface area contributed by atoms with E-state index in [2.05, 4.69) is 11.9 Å². The number of aliphatic hydroxyl groups is 1. The zero-order valence-corrected chi connectivity index (χ0v) is 11.4. The second-order valence-electron chi connectivity index (χ2n) is 4.39. The second-order valence-corrected chi connectivity index (χ2v) is 4.39. The van der Waals surface area contributed by atoms with E-state index in [1.807, 2.05) is 35.8 Å². The first-order valence-corrected chi connectivity index (χ1v) is 6.67. The molecule has 4 nitrogen and oxygen atoms in total. The van der Waals surface area contributed by atoms with Crippen LogP contribution in [0.1, 0.15) is 37.6 Å². The molecule has 0 aliphatic rings. The predicted octanol–water partition coefficient (Wildman–Crippen LogP) is 2.77. The zero-order valence-electron chi connectivity index (χ0n) is 11.4. The molecule has 0 saturated heterocycles. The van der Waals surface area contributed by atoms with Crippen LogP contribution in [0.15, 0.2) is 36.8 Å². The molecule has 2 rings (SSSR count). The van der Waals surface area contributed by atoms with E-state index < -0.39 is 6.10 Å². The Morgan fingerprint density at radius 2 is 2.11 bits per heavy atom. The topological polar surface area (TPSA) is 47.3 Å². The monoisotopic (exact) mass is 260 g/mol. The van der Waals surface area contributed by atoms with Crippen molar-refractivity contribution in [2.45, 2.75) is 32.9 Å². The van der Waals surface area contributed by atoms with E-state index in [9.17, 15) is 5.11 Å². The molecule has 0 radical (unpaired) electrons. The van der Waals surface area contributed by atoms with Gasteiger partial charge in [0.15, 0.2) is 0 Å². The number of aromatic nitrogens is 2. The van der Waals surface area contributed by atoms with E-state index in [0.29, 0.717) is 6.61 Å². The number of aryl methyl sites for hydroxylation is 1. The Labute approximate surface area is 113 Å². The second kappa shape index (κ2) is 6.38. The molecule has 102 valence electrons. The number of hydrogen-bond donors (Lipinski definition) is 1. The molecule has 1 unspecified atom stereocenters. The van der Waals surface area contributed by atoms with Gasteiger partial charge in [-0.05, 0) is 19.4 Å². The lowest BCUT2D eigenvalue weighted by Crippen LogP contribution is -2.09. The van der Waals surface area contributed by atoms with Crippen molar-refractivity contribution in [3.8, 4) is 5.75 Å². The SMILES string of the molecule is CCCOc1ccccc1C(O)c1cncn1CC. The lowest BCUT2D eigenvalue weighted by molar-refractivity contribution is 0.201. The summed E-state index contributed by atoms with van der Waals surface area (Å²) >= 11 is 0. The largest absolute Gasteiger partial charge is 0.493 e. The standard InChI is InChI=1S/C15H20N2O2/c1-3-9-19-14-8-6-5-7-12(14)15(18)13-10-16-11-17(13)4-2/h5-8,10-11,15,18H,3-4,9H2,1-2H3. The smallest absolute Gasteiger partial charge is 0.125 e. The number of nitrogens with zero attached hydrogens (tertiary/aromatic N) is 2. The summed E-state index contributed by atoms with van der Waals surface area (Å²) in [5, 5.41) is 10.5. The minimum Gasteiger partial charge on any atom is -0.493 e. The summed E-state index contributed by atoms with van der Waals surface area (Å²) in [6, 6.07) is 7.60. The van der Waals surface area contributed by atoms with Crippen molar-refractivity contribution < 1.29 is 9.84 Å². The average molecular weight is 260 g/mol. The van der Waals surface area contributed by atoms with E-state index in [4.69, 9.17) is 4.74 Å². The molecule has 19 heavy (non-hydrogen) atoms. The molecule has 0 aliphatic carbocycles.